The largest absolute Gasteiger partial charge is 0.531 e. The van der Waals surface area contributed by atoms with Crippen LogP contribution < -0.4 is 10.6 Å². The van der Waals surface area contributed by atoms with Gasteiger partial charge in [-0.1, -0.05) is 95.6 Å². The minimum absolute atomic E-state index is 0.0443. The number of aliphatic hydroxyl groups is 1. The third kappa shape index (κ3) is 4.42. The van der Waals surface area contributed by atoms with Gasteiger partial charge in [-0.25, -0.2) is 5.32 Å². The first-order valence-corrected chi connectivity index (χ1v) is 15.6. The summed E-state index contributed by atoms with van der Waals surface area (Å²) >= 11 is 0. The molecule has 0 radical (unpaired) electrons. The van der Waals surface area contributed by atoms with E-state index in [2.05, 4.69) is 173 Å². The summed E-state index contributed by atoms with van der Waals surface area (Å²) in [4.78, 5) is 0. The molecule has 7 aromatic rings. The van der Waals surface area contributed by atoms with Crippen molar-refractivity contribution in [3.05, 3.63) is 174 Å². The van der Waals surface area contributed by atoms with Crippen molar-refractivity contribution in [2.45, 2.75) is 12.4 Å². The quantitative estimate of drug-likeness (QED) is 0.0710. The van der Waals surface area contributed by atoms with Gasteiger partial charge in [0.1, 0.15) is 11.1 Å². The zero-order valence-corrected chi connectivity index (χ0v) is 24.7. The van der Waals surface area contributed by atoms with Crippen LogP contribution in [0.5, 0.6) is 5.75 Å². The maximum Gasteiger partial charge on any atom is 0.384 e. The predicted molar refractivity (Wildman–Crippen MR) is 181 cm³/mol. The van der Waals surface area contributed by atoms with E-state index in [0.717, 1.165) is 5.75 Å². The fourth-order valence-corrected chi connectivity index (χ4v) is 7.01. The van der Waals surface area contributed by atoms with E-state index in [4.69, 9.17) is 4.74 Å². The number of hydrogen-bond acceptors (Lipinski definition) is 0. The SMILES string of the molecule is c1ccc(C2=[N+](c3cccc(-c4ccc5ccc6ccc7c(c6c5c4)[OH+]C(c4ccccc4)[NH2+]7)c3)C(c3ccccc3)[NH2+]2)cc1. The normalized spacial score (nSPS) is 17.2. The van der Waals surface area contributed by atoms with Gasteiger partial charge >= 0.3 is 24.0 Å². The third-order valence-corrected chi connectivity index (χ3v) is 9.27. The molecule has 7 aromatic carbocycles. The van der Waals surface area contributed by atoms with Gasteiger partial charge in [0, 0.05) is 18.2 Å². The van der Waals surface area contributed by atoms with Crippen LogP contribution in [0.4, 0.5) is 11.4 Å². The monoisotopic (exact) mass is 583 g/mol. The molecule has 2 atom stereocenters. The van der Waals surface area contributed by atoms with E-state index in [9.17, 15) is 0 Å². The molecule has 0 spiro atoms. The summed E-state index contributed by atoms with van der Waals surface area (Å²) in [6.45, 7) is 0. The van der Waals surface area contributed by atoms with Crippen LogP contribution in [0.3, 0.4) is 0 Å². The Morgan fingerprint density at radius 1 is 0.511 bits per heavy atom. The molecule has 0 aromatic heterocycles. The van der Waals surface area contributed by atoms with Crippen molar-refractivity contribution in [3.63, 3.8) is 0 Å². The third-order valence-electron chi connectivity index (χ3n) is 9.27. The zero-order chi connectivity index (χ0) is 29.7. The summed E-state index contributed by atoms with van der Waals surface area (Å²) in [5.41, 5.74) is 8.56. The molecule has 0 fully saturated rings. The molecule has 2 unspecified atom stereocenters. The standard InChI is InChI=1S/C41H29N3O/c1-4-11-29(12-5-1)39-43-40(30-13-6-2-7-14-30)44(39)34-18-10-17-32(25-34)33-22-20-27-19-21-28-23-24-36-38(37(28)35(27)26-33)45-41(42-36)31-15-8-3-9-16-31/h1-26,39,41-42H/p+4. The van der Waals surface area contributed by atoms with Crippen molar-refractivity contribution in [2.75, 3.05) is 0 Å². The highest BCUT2D eigenvalue weighted by Gasteiger charge is 2.46. The van der Waals surface area contributed by atoms with E-state index in [1.165, 1.54) is 66.6 Å². The Morgan fingerprint density at radius 3 is 1.96 bits per heavy atom. The van der Waals surface area contributed by atoms with Gasteiger partial charge in [-0.2, -0.15) is 5.32 Å². The van der Waals surface area contributed by atoms with Gasteiger partial charge in [-0.15, -0.1) is 0 Å². The fraction of sp³-hybridized carbons (Fsp3) is 0.0488. The summed E-state index contributed by atoms with van der Waals surface area (Å²) in [7, 11) is 0. The van der Waals surface area contributed by atoms with Gasteiger partial charge in [-0.05, 0) is 75.8 Å². The van der Waals surface area contributed by atoms with Gasteiger partial charge < -0.3 is 4.74 Å². The van der Waals surface area contributed by atoms with Gasteiger partial charge in [0.25, 0.3) is 0 Å². The van der Waals surface area contributed by atoms with Gasteiger partial charge in [0.15, 0.2) is 0 Å². The fourth-order valence-electron chi connectivity index (χ4n) is 7.01. The lowest BCUT2D eigenvalue weighted by molar-refractivity contribution is -0.866. The van der Waals surface area contributed by atoms with Crippen LogP contribution >= 0.6 is 0 Å². The maximum absolute atomic E-state index is 5.26. The Labute approximate surface area is 261 Å². The van der Waals surface area contributed by atoms with E-state index < -0.39 is 0 Å². The molecular formula is C41H33N3O+4. The van der Waals surface area contributed by atoms with E-state index in [1.54, 1.807) is 0 Å². The Hall–Kier alpha value is -5.55. The lowest BCUT2D eigenvalue weighted by Gasteiger charge is -2.23. The molecule has 2 aliphatic heterocycles. The molecule has 0 bridgehead atoms. The smallest absolute Gasteiger partial charge is 0.384 e. The Balaban J connectivity index is 1.15. The van der Waals surface area contributed by atoms with Gasteiger partial charge in [0.05, 0.1) is 10.9 Å². The van der Waals surface area contributed by atoms with E-state index >= 15 is 0 Å². The molecule has 0 saturated carbocycles. The molecule has 0 saturated heterocycles. The average Bonchev–Trinajstić information content (AvgIpc) is 3.54. The average molecular weight is 584 g/mol. The second-order valence-corrected chi connectivity index (χ2v) is 11.9. The highest BCUT2D eigenvalue weighted by Crippen LogP contribution is 2.43. The number of ether oxygens (including phenoxy) is 1. The Morgan fingerprint density at radius 2 is 1.16 bits per heavy atom. The number of nitrogens with zero attached hydrogens (tertiary/aromatic N) is 1. The molecular weight excluding hydrogens is 550 g/mol. The van der Waals surface area contributed by atoms with Crippen LogP contribution in [0.1, 0.15) is 29.1 Å². The molecule has 2 aliphatic rings. The summed E-state index contributed by atoms with van der Waals surface area (Å²) in [6, 6.07) is 56.9. The molecule has 4 nitrogen and oxygen atoms in total. The topological polar surface area (TPSA) is 49.0 Å². The molecule has 0 amide bonds. The van der Waals surface area contributed by atoms with Crippen LogP contribution in [0, 0.1) is 0 Å². The number of fused-ring (bicyclic) bond motifs is 5. The second-order valence-electron chi connectivity index (χ2n) is 11.9. The molecule has 9 rings (SSSR count). The van der Waals surface area contributed by atoms with Crippen molar-refractivity contribution in [1.82, 2.24) is 0 Å². The molecule has 4 heteroatoms. The van der Waals surface area contributed by atoms with Crippen LogP contribution in [0.2, 0.25) is 0 Å². The van der Waals surface area contributed by atoms with Crippen molar-refractivity contribution < 1.29 is 19.9 Å². The predicted octanol–water partition coefficient (Wildman–Crippen LogP) is 7.18. The van der Waals surface area contributed by atoms with Crippen molar-refractivity contribution in [3.8, 4) is 16.9 Å². The number of nitrogens with two attached hydrogens (primary N) is 2. The minimum atomic E-state index is 0.0443. The first-order valence-electron chi connectivity index (χ1n) is 15.6. The Kier molecular flexibility index (Phi) is 6.08. The van der Waals surface area contributed by atoms with Crippen LogP contribution in [0.15, 0.2) is 158 Å². The number of hydrogen-bond donors (Lipinski definition) is 2. The van der Waals surface area contributed by atoms with Crippen LogP contribution in [-0.4, -0.2) is 15.1 Å². The highest BCUT2D eigenvalue weighted by molar-refractivity contribution is 6.13. The van der Waals surface area contributed by atoms with Crippen molar-refractivity contribution in [1.29, 1.82) is 0 Å². The van der Waals surface area contributed by atoms with E-state index in [1.807, 2.05) is 0 Å². The first-order chi connectivity index (χ1) is 22.3. The van der Waals surface area contributed by atoms with Gasteiger partial charge in [0.2, 0.25) is 11.4 Å². The lowest BCUT2D eigenvalue weighted by atomic mass is 9.96. The van der Waals surface area contributed by atoms with Crippen molar-refractivity contribution in [2.24, 2.45) is 0 Å². The number of aromatic hydroxyl groups is 1. The minimum Gasteiger partial charge on any atom is -0.531 e. The van der Waals surface area contributed by atoms with Crippen molar-refractivity contribution >= 4 is 38.8 Å². The molecule has 5 N–H and O–H groups in total. The maximum atomic E-state index is 5.26. The second kappa shape index (κ2) is 10.6. The number of benzene rings is 7. The van der Waals surface area contributed by atoms with Gasteiger partial charge in [-0.3, -0.25) is 0 Å². The highest BCUT2D eigenvalue weighted by atomic mass is 16.5. The summed E-state index contributed by atoms with van der Waals surface area (Å²) in [5, 5.41) is 9.61. The summed E-state index contributed by atoms with van der Waals surface area (Å²) in [5.74, 6) is 2.34. The molecule has 45 heavy (non-hydrogen) atoms. The van der Waals surface area contributed by atoms with E-state index in [0.29, 0.717) is 0 Å². The summed E-state index contributed by atoms with van der Waals surface area (Å²) in [6.07, 6.45) is 0.234. The van der Waals surface area contributed by atoms with Crippen LogP contribution in [0.25, 0.3) is 32.7 Å². The zero-order valence-electron chi connectivity index (χ0n) is 24.7. The molecule has 2 heterocycles. The van der Waals surface area contributed by atoms with E-state index in [-0.39, 0.29) is 12.4 Å². The first kappa shape index (κ1) is 25.9. The lowest BCUT2D eigenvalue weighted by Crippen LogP contribution is -2.99. The number of amidine groups is 1. The number of quaternary nitrogens is 2. The Bertz CT molecular complexity index is 2240. The summed E-state index contributed by atoms with van der Waals surface area (Å²) < 4.78 is 7.73. The molecule has 214 valence electrons. The molecule has 0 aliphatic carbocycles. The van der Waals surface area contributed by atoms with Crippen LogP contribution in [-0.2, 0) is 0 Å². The number of rotatable bonds is 5.